The minimum Gasteiger partial charge on any atom is -0.342 e. The van der Waals surface area contributed by atoms with E-state index in [4.69, 9.17) is 0 Å². The first-order chi connectivity index (χ1) is 6.16. The smallest absolute Gasteiger partial charge is 0.222 e. The normalized spacial score (nSPS) is 28.5. The van der Waals surface area contributed by atoms with Gasteiger partial charge in [0.25, 0.3) is 0 Å². The number of likely N-dealkylation sites (tertiary alicyclic amines) is 1. The van der Waals surface area contributed by atoms with Crippen molar-refractivity contribution < 1.29 is 4.79 Å². The third kappa shape index (κ3) is 2.45. The van der Waals surface area contributed by atoms with Crippen molar-refractivity contribution in [2.75, 3.05) is 7.05 Å². The largest absolute Gasteiger partial charge is 0.342 e. The summed E-state index contributed by atoms with van der Waals surface area (Å²) in [6.45, 7) is 4.41. The Balaban J connectivity index is 2.35. The molecule has 0 aromatic carbocycles. The highest BCUT2D eigenvalue weighted by atomic mass is 16.2. The average Bonchev–Trinajstić information content (AvgIpc) is 2.32. The van der Waals surface area contributed by atoms with Gasteiger partial charge in [-0.25, -0.2) is 0 Å². The Kier molecular flexibility index (Phi) is 3.76. The van der Waals surface area contributed by atoms with Crippen LogP contribution in [0.2, 0.25) is 0 Å². The molecule has 2 unspecified atom stereocenters. The predicted octanol–water partition coefficient (Wildman–Crippen LogP) is 2.43. The van der Waals surface area contributed by atoms with Gasteiger partial charge in [0.2, 0.25) is 5.91 Å². The Morgan fingerprint density at radius 3 is 2.62 bits per heavy atom. The maximum Gasteiger partial charge on any atom is 0.222 e. The number of hydrogen-bond acceptors (Lipinski definition) is 1. The van der Waals surface area contributed by atoms with E-state index in [1.165, 1.54) is 25.7 Å². The number of amides is 1. The first kappa shape index (κ1) is 10.6. The lowest BCUT2D eigenvalue weighted by Gasteiger charge is -2.22. The van der Waals surface area contributed by atoms with Gasteiger partial charge in [-0.3, -0.25) is 4.79 Å². The molecule has 76 valence electrons. The zero-order valence-electron chi connectivity index (χ0n) is 9.05. The molecular weight excluding hydrogens is 162 g/mol. The SMILES string of the molecule is CCCCCC1C(C)CC(=O)N1C. The number of unbranched alkanes of at least 4 members (excludes halogenated alkanes) is 2. The molecule has 0 spiro atoms. The molecule has 1 saturated heterocycles. The summed E-state index contributed by atoms with van der Waals surface area (Å²) >= 11 is 0. The third-order valence-corrected chi connectivity index (χ3v) is 3.15. The van der Waals surface area contributed by atoms with Crippen molar-refractivity contribution in [2.24, 2.45) is 5.92 Å². The summed E-state index contributed by atoms with van der Waals surface area (Å²) in [5.41, 5.74) is 0. The first-order valence-electron chi connectivity index (χ1n) is 5.42. The van der Waals surface area contributed by atoms with Gasteiger partial charge in [0, 0.05) is 19.5 Å². The molecule has 0 bridgehead atoms. The molecule has 0 aliphatic carbocycles. The van der Waals surface area contributed by atoms with Gasteiger partial charge in [-0.05, 0) is 12.3 Å². The number of nitrogens with zero attached hydrogens (tertiary/aromatic N) is 1. The Hall–Kier alpha value is -0.530. The average molecular weight is 183 g/mol. The number of rotatable bonds is 4. The lowest BCUT2D eigenvalue weighted by molar-refractivity contribution is -0.127. The van der Waals surface area contributed by atoms with Crippen LogP contribution >= 0.6 is 0 Å². The fourth-order valence-corrected chi connectivity index (χ4v) is 2.20. The monoisotopic (exact) mass is 183 g/mol. The van der Waals surface area contributed by atoms with Gasteiger partial charge >= 0.3 is 0 Å². The van der Waals surface area contributed by atoms with Crippen LogP contribution in [-0.2, 0) is 4.79 Å². The van der Waals surface area contributed by atoms with Crippen molar-refractivity contribution in [1.82, 2.24) is 4.90 Å². The van der Waals surface area contributed by atoms with Gasteiger partial charge in [-0.1, -0.05) is 33.1 Å². The van der Waals surface area contributed by atoms with E-state index in [0.717, 1.165) is 6.42 Å². The summed E-state index contributed by atoms with van der Waals surface area (Å²) in [5, 5.41) is 0. The maximum atomic E-state index is 11.4. The van der Waals surface area contributed by atoms with Gasteiger partial charge in [0.1, 0.15) is 0 Å². The molecule has 1 rings (SSSR count). The summed E-state index contributed by atoms with van der Waals surface area (Å²) in [6, 6.07) is 0.513. The van der Waals surface area contributed by atoms with E-state index < -0.39 is 0 Å². The minimum atomic E-state index is 0.328. The lowest BCUT2D eigenvalue weighted by Crippen LogP contribution is -2.30. The maximum absolute atomic E-state index is 11.4. The summed E-state index contributed by atoms with van der Waals surface area (Å²) in [7, 11) is 1.95. The molecule has 0 radical (unpaired) electrons. The molecule has 2 heteroatoms. The summed E-state index contributed by atoms with van der Waals surface area (Å²) in [6.07, 6.45) is 5.78. The van der Waals surface area contributed by atoms with Crippen LogP contribution in [0.4, 0.5) is 0 Å². The molecular formula is C11H21NO. The predicted molar refractivity (Wildman–Crippen MR) is 54.5 cm³/mol. The van der Waals surface area contributed by atoms with Crippen molar-refractivity contribution in [2.45, 2.75) is 52.0 Å². The fourth-order valence-electron chi connectivity index (χ4n) is 2.20. The van der Waals surface area contributed by atoms with Crippen molar-refractivity contribution in [3.05, 3.63) is 0 Å². The number of carbonyl (C=O) groups excluding carboxylic acids is 1. The van der Waals surface area contributed by atoms with Crippen molar-refractivity contribution in [3.8, 4) is 0 Å². The van der Waals surface area contributed by atoms with E-state index >= 15 is 0 Å². The third-order valence-electron chi connectivity index (χ3n) is 3.15. The Labute approximate surface area is 81.3 Å². The molecule has 13 heavy (non-hydrogen) atoms. The first-order valence-corrected chi connectivity index (χ1v) is 5.42. The standard InChI is InChI=1S/C11H21NO/c1-4-5-6-7-10-9(2)8-11(13)12(10)3/h9-10H,4-8H2,1-3H3. The quantitative estimate of drug-likeness (QED) is 0.613. The molecule has 0 aromatic heterocycles. The van der Waals surface area contributed by atoms with E-state index in [9.17, 15) is 4.79 Å². The second kappa shape index (κ2) is 4.64. The second-order valence-corrected chi connectivity index (χ2v) is 4.25. The molecule has 1 heterocycles. The van der Waals surface area contributed by atoms with Crippen molar-refractivity contribution in [3.63, 3.8) is 0 Å². The van der Waals surface area contributed by atoms with Crippen LogP contribution in [0.25, 0.3) is 0 Å². The van der Waals surface area contributed by atoms with Crippen LogP contribution in [0, 0.1) is 5.92 Å². The molecule has 1 aliphatic heterocycles. The van der Waals surface area contributed by atoms with Crippen LogP contribution in [0.5, 0.6) is 0 Å². The lowest BCUT2D eigenvalue weighted by atomic mass is 9.97. The van der Waals surface area contributed by atoms with Crippen LogP contribution < -0.4 is 0 Å². The number of carbonyl (C=O) groups is 1. The van der Waals surface area contributed by atoms with Crippen LogP contribution in [0.1, 0.15) is 46.0 Å². The van der Waals surface area contributed by atoms with Gasteiger partial charge < -0.3 is 4.90 Å². The molecule has 2 nitrogen and oxygen atoms in total. The van der Waals surface area contributed by atoms with Gasteiger partial charge in [0.15, 0.2) is 0 Å². The highest BCUT2D eigenvalue weighted by molar-refractivity contribution is 5.78. The van der Waals surface area contributed by atoms with Crippen molar-refractivity contribution in [1.29, 1.82) is 0 Å². The van der Waals surface area contributed by atoms with Gasteiger partial charge in [-0.15, -0.1) is 0 Å². The van der Waals surface area contributed by atoms with Crippen LogP contribution in [0.3, 0.4) is 0 Å². The molecule has 1 amide bonds. The molecule has 2 atom stereocenters. The zero-order valence-corrected chi connectivity index (χ0v) is 9.05. The molecule has 1 aliphatic rings. The molecule has 1 fully saturated rings. The van der Waals surface area contributed by atoms with Crippen LogP contribution in [0.15, 0.2) is 0 Å². The molecule has 0 aromatic rings. The van der Waals surface area contributed by atoms with Crippen molar-refractivity contribution >= 4 is 5.91 Å². The van der Waals surface area contributed by atoms with E-state index in [1.54, 1.807) is 0 Å². The highest BCUT2D eigenvalue weighted by Gasteiger charge is 2.33. The summed E-state index contributed by atoms with van der Waals surface area (Å²) in [5.74, 6) is 0.892. The Morgan fingerprint density at radius 1 is 1.46 bits per heavy atom. The summed E-state index contributed by atoms with van der Waals surface area (Å²) < 4.78 is 0. The fraction of sp³-hybridized carbons (Fsp3) is 0.909. The Bertz CT molecular complexity index is 179. The van der Waals surface area contributed by atoms with Crippen LogP contribution in [-0.4, -0.2) is 23.9 Å². The summed E-state index contributed by atoms with van der Waals surface area (Å²) in [4.78, 5) is 13.3. The Morgan fingerprint density at radius 2 is 2.15 bits per heavy atom. The van der Waals surface area contributed by atoms with E-state index in [2.05, 4.69) is 13.8 Å². The molecule has 0 saturated carbocycles. The molecule has 0 N–H and O–H groups in total. The van der Waals surface area contributed by atoms with E-state index in [-0.39, 0.29) is 0 Å². The van der Waals surface area contributed by atoms with Gasteiger partial charge in [0.05, 0.1) is 0 Å². The topological polar surface area (TPSA) is 20.3 Å². The van der Waals surface area contributed by atoms with E-state index in [0.29, 0.717) is 17.9 Å². The second-order valence-electron chi connectivity index (χ2n) is 4.25. The minimum absolute atomic E-state index is 0.328. The van der Waals surface area contributed by atoms with Gasteiger partial charge in [-0.2, -0.15) is 0 Å². The zero-order chi connectivity index (χ0) is 9.84. The number of hydrogen-bond donors (Lipinski definition) is 0. The van der Waals surface area contributed by atoms with E-state index in [1.807, 2.05) is 11.9 Å². The highest BCUT2D eigenvalue weighted by Crippen LogP contribution is 2.27.